The van der Waals surface area contributed by atoms with Crippen LogP contribution in [0.25, 0.3) is 0 Å². The molecule has 1 heterocycles. The molecule has 0 fully saturated rings. The summed E-state index contributed by atoms with van der Waals surface area (Å²) in [5, 5.41) is 11.4. The molecule has 0 aliphatic heterocycles. The summed E-state index contributed by atoms with van der Waals surface area (Å²) >= 11 is 9.03. The molecule has 1 amide bonds. The van der Waals surface area contributed by atoms with Crippen LogP contribution in [0.4, 0.5) is 10.8 Å². The van der Waals surface area contributed by atoms with Gasteiger partial charge in [-0.3, -0.25) is 14.4 Å². The number of aromatic nitrogens is 2. The Morgan fingerprint density at radius 3 is 2.61 bits per heavy atom. The van der Waals surface area contributed by atoms with Crippen LogP contribution in [-0.4, -0.2) is 36.8 Å². The molecule has 0 aliphatic rings. The normalized spacial score (nSPS) is 11.3. The van der Waals surface area contributed by atoms with Crippen molar-refractivity contribution in [1.29, 1.82) is 0 Å². The fourth-order valence-electron chi connectivity index (χ4n) is 2.57. The van der Waals surface area contributed by atoms with Crippen molar-refractivity contribution in [3.8, 4) is 0 Å². The number of amides is 1. The molecule has 11 heteroatoms. The summed E-state index contributed by atoms with van der Waals surface area (Å²) in [6, 6.07) is 12.8. The Morgan fingerprint density at radius 2 is 1.94 bits per heavy atom. The Morgan fingerprint density at radius 1 is 1.19 bits per heavy atom. The van der Waals surface area contributed by atoms with E-state index in [9.17, 15) is 13.2 Å². The zero-order valence-corrected chi connectivity index (χ0v) is 20.1. The van der Waals surface area contributed by atoms with E-state index in [1.807, 2.05) is 6.92 Å². The molecule has 2 aromatic carbocycles. The lowest BCUT2D eigenvalue weighted by Crippen LogP contribution is -2.38. The van der Waals surface area contributed by atoms with Gasteiger partial charge < -0.3 is 0 Å². The van der Waals surface area contributed by atoms with Crippen molar-refractivity contribution in [2.75, 3.05) is 21.9 Å². The highest BCUT2D eigenvalue weighted by molar-refractivity contribution is 8.01. The van der Waals surface area contributed by atoms with Crippen LogP contribution in [0.1, 0.15) is 18.9 Å². The van der Waals surface area contributed by atoms with E-state index < -0.39 is 22.5 Å². The first kappa shape index (κ1) is 23.5. The van der Waals surface area contributed by atoms with Crippen molar-refractivity contribution in [1.82, 2.24) is 10.2 Å². The molecular weight excluding hydrogens is 476 g/mol. The van der Waals surface area contributed by atoms with E-state index in [-0.39, 0.29) is 4.90 Å². The summed E-state index contributed by atoms with van der Waals surface area (Å²) in [7, 11) is -4.00. The van der Waals surface area contributed by atoms with Gasteiger partial charge in [0.15, 0.2) is 4.34 Å². The zero-order chi connectivity index (χ0) is 22.4. The number of carbonyl (C=O) groups excluding carboxylic acids is 1. The number of halogens is 1. The first-order valence-electron chi connectivity index (χ1n) is 9.41. The molecule has 164 valence electrons. The Balaban J connectivity index is 1.87. The van der Waals surface area contributed by atoms with E-state index in [1.165, 1.54) is 29.5 Å². The molecule has 7 nitrogen and oxygen atoms in total. The molecule has 1 N–H and O–H groups in total. The van der Waals surface area contributed by atoms with E-state index >= 15 is 0 Å². The number of benzene rings is 2. The minimum Gasteiger partial charge on any atom is -0.299 e. The van der Waals surface area contributed by atoms with Crippen LogP contribution in [0.2, 0.25) is 5.02 Å². The van der Waals surface area contributed by atoms with E-state index in [1.54, 1.807) is 42.1 Å². The highest BCUT2D eigenvalue weighted by Gasteiger charge is 2.28. The average Bonchev–Trinajstić information content (AvgIpc) is 3.20. The molecule has 3 rings (SSSR count). The van der Waals surface area contributed by atoms with Gasteiger partial charge in [-0.2, -0.15) is 0 Å². The monoisotopic (exact) mass is 496 g/mol. The van der Waals surface area contributed by atoms with Crippen LogP contribution < -0.4 is 9.62 Å². The van der Waals surface area contributed by atoms with E-state index in [4.69, 9.17) is 11.6 Å². The Hall–Kier alpha value is -2.14. The maximum absolute atomic E-state index is 13.3. The third kappa shape index (κ3) is 5.97. The van der Waals surface area contributed by atoms with Crippen molar-refractivity contribution in [3.05, 3.63) is 59.1 Å². The summed E-state index contributed by atoms with van der Waals surface area (Å²) in [4.78, 5) is 12.8. The van der Waals surface area contributed by atoms with Gasteiger partial charge in [0.25, 0.3) is 10.0 Å². The fourth-order valence-corrected chi connectivity index (χ4v) is 5.87. The molecule has 0 saturated carbocycles. The summed E-state index contributed by atoms with van der Waals surface area (Å²) in [6.07, 6.45) is 0.997. The number of nitrogens with one attached hydrogen (secondary N) is 1. The van der Waals surface area contributed by atoms with Gasteiger partial charge in [-0.15, -0.1) is 10.2 Å². The molecule has 0 radical (unpaired) electrons. The second-order valence-electron chi connectivity index (χ2n) is 6.53. The van der Waals surface area contributed by atoms with E-state index in [0.29, 0.717) is 15.8 Å². The van der Waals surface area contributed by atoms with Crippen molar-refractivity contribution < 1.29 is 13.2 Å². The van der Waals surface area contributed by atoms with Gasteiger partial charge in [-0.1, -0.05) is 65.9 Å². The van der Waals surface area contributed by atoms with Crippen LogP contribution in [0.15, 0.2) is 57.8 Å². The topological polar surface area (TPSA) is 92.3 Å². The second kappa shape index (κ2) is 10.4. The molecule has 0 unspecified atom stereocenters. The van der Waals surface area contributed by atoms with Gasteiger partial charge in [-0.05, 0) is 43.2 Å². The number of carbonyl (C=O) groups is 1. The van der Waals surface area contributed by atoms with Gasteiger partial charge in [0.2, 0.25) is 11.0 Å². The summed E-state index contributed by atoms with van der Waals surface area (Å²) < 4.78 is 28.4. The van der Waals surface area contributed by atoms with Crippen molar-refractivity contribution in [3.63, 3.8) is 0 Å². The molecule has 0 bridgehead atoms. The number of rotatable bonds is 9. The molecule has 3 aromatic rings. The van der Waals surface area contributed by atoms with Gasteiger partial charge in [-0.25, -0.2) is 8.42 Å². The van der Waals surface area contributed by atoms with Crippen molar-refractivity contribution in [2.24, 2.45) is 0 Å². The fraction of sp³-hybridized carbons (Fsp3) is 0.250. The highest BCUT2D eigenvalue weighted by atomic mass is 35.5. The lowest BCUT2D eigenvalue weighted by Gasteiger charge is -2.24. The molecular formula is C20H21ClN4O3S3. The smallest absolute Gasteiger partial charge is 0.264 e. The molecule has 1 aromatic heterocycles. The largest absolute Gasteiger partial charge is 0.299 e. The molecule has 0 saturated heterocycles. The first-order chi connectivity index (χ1) is 14.8. The number of thioether (sulfide) groups is 1. The molecule has 0 aliphatic carbocycles. The predicted molar refractivity (Wildman–Crippen MR) is 127 cm³/mol. The third-order valence-electron chi connectivity index (χ3n) is 4.14. The first-order valence-corrected chi connectivity index (χ1v) is 13.0. The predicted octanol–water partition coefficient (Wildman–Crippen LogP) is 4.84. The highest BCUT2D eigenvalue weighted by Crippen LogP contribution is 2.29. The van der Waals surface area contributed by atoms with Gasteiger partial charge in [0.05, 0.1) is 10.6 Å². The van der Waals surface area contributed by atoms with Crippen LogP contribution in [-0.2, 0) is 14.8 Å². The maximum Gasteiger partial charge on any atom is 0.264 e. The van der Waals surface area contributed by atoms with E-state index in [0.717, 1.165) is 26.4 Å². The number of hydrogen-bond acceptors (Lipinski definition) is 7. The molecule has 0 atom stereocenters. The summed E-state index contributed by atoms with van der Waals surface area (Å²) in [5.74, 6) is 0.374. The lowest BCUT2D eigenvalue weighted by molar-refractivity contribution is -0.114. The van der Waals surface area contributed by atoms with Gasteiger partial charge in [0.1, 0.15) is 6.54 Å². The Kier molecular flexibility index (Phi) is 7.93. The average molecular weight is 497 g/mol. The Bertz CT molecular complexity index is 1150. The van der Waals surface area contributed by atoms with Crippen LogP contribution in [0.3, 0.4) is 0 Å². The quantitative estimate of drug-likeness (QED) is 0.336. The maximum atomic E-state index is 13.3. The van der Waals surface area contributed by atoms with Crippen molar-refractivity contribution in [2.45, 2.75) is 29.5 Å². The summed E-state index contributed by atoms with van der Waals surface area (Å²) in [5.41, 5.74) is 1.10. The van der Waals surface area contributed by atoms with E-state index in [2.05, 4.69) is 22.4 Å². The molecule has 31 heavy (non-hydrogen) atoms. The van der Waals surface area contributed by atoms with Crippen LogP contribution in [0.5, 0.6) is 0 Å². The number of anilines is 2. The zero-order valence-electron chi connectivity index (χ0n) is 16.9. The van der Waals surface area contributed by atoms with Crippen molar-refractivity contribution >= 4 is 61.4 Å². The minimum atomic E-state index is -4.00. The number of sulfonamides is 1. The number of hydrogen-bond donors (Lipinski definition) is 1. The minimum absolute atomic E-state index is 0.0775. The summed E-state index contributed by atoms with van der Waals surface area (Å²) in [6.45, 7) is 3.45. The number of aryl methyl sites for hydroxylation is 1. The molecule has 0 spiro atoms. The lowest BCUT2D eigenvalue weighted by atomic mass is 10.2. The van der Waals surface area contributed by atoms with Gasteiger partial charge in [0, 0.05) is 10.8 Å². The second-order valence-corrected chi connectivity index (χ2v) is 11.1. The standard InChI is InChI=1S/C20H21ClN4O3S3/c1-3-11-29-20-24-23-19(30-20)22-18(26)13-25(15-10-9-14(2)17(21)12-15)31(27,28)16-7-5-4-6-8-16/h4-10,12H,3,11,13H2,1-2H3,(H,22,23,26). The van der Waals surface area contributed by atoms with Gasteiger partial charge >= 0.3 is 0 Å². The van der Waals surface area contributed by atoms with Crippen LogP contribution in [0, 0.1) is 6.92 Å². The van der Waals surface area contributed by atoms with Crippen LogP contribution >= 0.6 is 34.7 Å². The number of nitrogens with zero attached hydrogens (tertiary/aromatic N) is 3. The Labute approximate surface area is 194 Å². The SMILES string of the molecule is CCCSc1nnc(NC(=O)CN(c2ccc(C)c(Cl)c2)S(=O)(=O)c2ccccc2)s1. The third-order valence-corrected chi connectivity index (χ3v) is 8.52.